The highest BCUT2D eigenvalue weighted by atomic mass is 79.9. The van der Waals surface area contributed by atoms with Crippen LogP contribution in [0.15, 0.2) is 46.1 Å². The zero-order chi connectivity index (χ0) is 19.1. The fourth-order valence-electron chi connectivity index (χ4n) is 2.87. The molecule has 1 aliphatic rings. The molecule has 2 aromatic heterocycles. The van der Waals surface area contributed by atoms with Crippen molar-refractivity contribution in [1.29, 1.82) is 0 Å². The van der Waals surface area contributed by atoms with Gasteiger partial charge in [-0.05, 0) is 52.7 Å². The quantitative estimate of drug-likeness (QED) is 0.510. The zero-order valence-corrected chi connectivity index (χ0v) is 17.0. The third kappa shape index (κ3) is 3.16. The van der Waals surface area contributed by atoms with Crippen molar-refractivity contribution in [3.63, 3.8) is 0 Å². The third-order valence-corrected chi connectivity index (χ3v) is 5.14. The van der Waals surface area contributed by atoms with Crippen LogP contribution in [0.2, 0.25) is 10.0 Å². The number of benzene rings is 1. The van der Waals surface area contributed by atoms with Gasteiger partial charge in [0.05, 0.1) is 21.4 Å². The zero-order valence-electron chi connectivity index (χ0n) is 13.9. The number of carbonyl (C=O) groups excluding carboxylic acids is 1. The standard InChI is InChI=1S/C18H11BrCl2N4O2/c1-9-5-10(20)6-11-14(8-26)27-18(24-15(9)11)16-12(19)7-23-25(16)17-13(21)3-2-4-22-17/h2-8,14H,1H3. The van der Waals surface area contributed by atoms with E-state index in [2.05, 4.69) is 31.0 Å². The Morgan fingerprint density at radius 3 is 2.89 bits per heavy atom. The summed E-state index contributed by atoms with van der Waals surface area (Å²) in [5, 5.41) is 5.26. The van der Waals surface area contributed by atoms with E-state index in [-0.39, 0.29) is 5.90 Å². The van der Waals surface area contributed by atoms with Crippen LogP contribution >= 0.6 is 39.1 Å². The first-order valence-corrected chi connectivity index (χ1v) is 9.40. The van der Waals surface area contributed by atoms with Crippen molar-refractivity contribution in [1.82, 2.24) is 14.8 Å². The highest BCUT2D eigenvalue weighted by molar-refractivity contribution is 9.10. The predicted octanol–water partition coefficient (Wildman–Crippen LogP) is 4.99. The molecule has 1 unspecified atom stereocenters. The molecule has 4 rings (SSSR count). The summed E-state index contributed by atoms with van der Waals surface area (Å²) in [6.45, 7) is 1.88. The van der Waals surface area contributed by atoms with Crippen LogP contribution in [0.4, 0.5) is 5.69 Å². The van der Waals surface area contributed by atoms with Crippen molar-refractivity contribution >= 4 is 57.0 Å². The molecule has 27 heavy (non-hydrogen) atoms. The predicted molar refractivity (Wildman–Crippen MR) is 106 cm³/mol. The Kier molecular flexibility index (Phi) is 4.75. The largest absolute Gasteiger partial charge is 0.460 e. The van der Waals surface area contributed by atoms with Gasteiger partial charge in [0.25, 0.3) is 0 Å². The fraction of sp³-hybridized carbons (Fsp3) is 0.111. The van der Waals surface area contributed by atoms with Crippen LogP contribution in [0, 0.1) is 6.92 Å². The molecule has 9 heteroatoms. The van der Waals surface area contributed by atoms with Crippen molar-refractivity contribution in [2.75, 3.05) is 0 Å². The second-order valence-corrected chi connectivity index (χ2v) is 7.51. The van der Waals surface area contributed by atoms with Gasteiger partial charge < -0.3 is 4.74 Å². The molecule has 136 valence electrons. The number of hydrogen-bond acceptors (Lipinski definition) is 5. The second kappa shape index (κ2) is 7.07. The van der Waals surface area contributed by atoms with Crippen LogP contribution < -0.4 is 0 Å². The number of rotatable bonds is 3. The molecule has 0 spiro atoms. The summed E-state index contributed by atoms with van der Waals surface area (Å²) in [5.74, 6) is 0.656. The lowest BCUT2D eigenvalue weighted by Crippen LogP contribution is -2.21. The molecule has 0 saturated carbocycles. The van der Waals surface area contributed by atoms with Gasteiger partial charge in [0.1, 0.15) is 5.69 Å². The van der Waals surface area contributed by atoms with E-state index in [0.717, 1.165) is 5.56 Å². The van der Waals surface area contributed by atoms with E-state index in [9.17, 15) is 4.79 Å². The monoisotopic (exact) mass is 464 g/mol. The van der Waals surface area contributed by atoms with Crippen molar-refractivity contribution < 1.29 is 9.53 Å². The van der Waals surface area contributed by atoms with Crippen LogP contribution in [0.1, 0.15) is 22.9 Å². The van der Waals surface area contributed by atoms with Gasteiger partial charge in [-0.2, -0.15) is 5.10 Å². The Labute approximate surface area is 172 Å². The molecule has 3 aromatic rings. The summed E-state index contributed by atoms with van der Waals surface area (Å²) < 4.78 is 8.01. The lowest BCUT2D eigenvalue weighted by Gasteiger charge is -2.24. The lowest BCUT2D eigenvalue weighted by molar-refractivity contribution is -0.114. The summed E-state index contributed by atoms with van der Waals surface area (Å²) in [5.41, 5.74) is 2.60. The van der Waals surface area contributed by atoms with Crippen molar-refractivity contribution in [3.8, 4) is 5.82 Å². The molecule has 0 bridgehead atoms. The van der Waals surface area contributed by atoms with Crippen LogP contribution in [-0.2, 0) is 9.53 Å². The summed E-state index contributed by atoms with van der Waals surface area (Å²) in [4.78, 5) is 20.6. The molecular formula is C18H11BrCl2N4O2. The van der Waals surface area contributed by atoms with E-state index in [0.29, 0.717) is 43.6 Å². The van der Waals surface area contributed by atoms with Gasteiger partial charge in [-0.1, -0.05) is 23.2 Å². The average Bonchev–Trinajstić information content (AvgIpc) is 3.02. The molecular weight excluding hydrogens is 455 g/mol. The van der Waals surface area contributed by atoms with E-state index < -0.39 is 6.10 Å². The van der Waals surface area contributed by atoms with Gasteiger partial charge in [-0.3, -0.25) is 4.79 Å². The SMILES string of the molecule is Cc1cc(Cl)cc2c1N=C(c1c(Br)cnn1-c1ncccc1Cl)OC2C=O. The van der Waals surface area contributed by atoms with Gasteiger partial charge >= 0.3 is 0 Å². The number of nitrogens with zero attached hydrogens (tertiary/aromatic N) is 4. The summed E-state index contributed by atoms with van der Waals surface area (Å²) in [7, 11) is 0. The van der Waals surface area contributed by atoms with Crippen molar-refractivity contribution in [3.05, 3.63) is 68.0 Å². The van der Waals surface area contributed by atoms with E-state index in [1.54, 1.807) is 36.7 Å². The lowest BCUT2D eigenvalue weighted by atomic mass is 10.0. The van der Waals surface area contributed by atoms with E-state index in [1.165, 1.54) is 4.68 Å². The van der Waals surface area contributed by atoms with E-state index in [4.69, 9.17) is 27.9 Å². The molecule has 0 radical (unpaired) electrons. The number of aryl methyl sites for hydroxylation is 1. The normalized spacial score (nSPS) is 15.7. The number of aromatic nitrogens is 3. The van der Waals surface area contributed by atoms with Crippen LogP contribution in [0.5, 0.6) is 0 Å². The molecule has 0 amide bonds. The van der Waals surface area contributed by atoms with E-state index >= 15 is 0 Å². The summed E-state index contributed by atoms with van der Waals surface area (Å²) >= 11 is 15.9. The maximum Gasteiger partial charge on any atom is 0.242 e. The first-order chi connectivity index (χ1) is 13.0. The Morgan fingerprint density at radius 1 is 1.33 bits per heavy atom. The maximum atomic E-state index is 11.7. The van der Waals surface area contributed by atoms with Crippen molar-refractivity contribution in [2.24, 2.45) is 4.99 Å². The Morgan fingerprint density at radius 2 is 2.15 bits per heavy atom. The minimum atomic E-state index is -0.834. The highest BCUT2D eigenvalue weighted by Crippen LogP contribution is 2.39. The van der Waals surface area contributed by atoms with Crippen molar-refractivity contribution in [2.45, 2.75) is 13.0 Å². The van der Waals surface area contributed by atoms with Crippen LogP contribution in [-0.4, -0.2) is 26.9 Å². The topological polar surface area (TPSA) is 69.4 Å². The molecule has 0 saturated heterocycles. The van der Waals surface area contributed by atoms with E-state index in [1.807, 2.05) is 6.92 Å². The third-order valence-electron chi connectivity index (χ3n) is 4.04. The minimum Gasteiger partial charge on any atom is -0.460 e. The highest BCUT2D eigenvalue weighted by Gasteiger charge is 2.30. The summed E-state index contributed by atoms with van der Waals surface area (Å²) in [6, 6.07) is 6.91. The van der Waals surface area contributed by atoms with Gasteiger partial charge in [0, 0.05) is 16.8 Å². The molecule has 0 aliphatic carbocycles. The molecule has 6 nitrogen and oxygen atoms in total. The van der Waals surface area contributed by atoms with Gasteiger partial charge in [0.15, 0.2) is 18.2 Å². The second-order valence-electron chi connectivity index (χ2n) is 5.81. The number of fused-ring (bicyclic) bond motifs is 1. The molecule has 1 aromatic carbocycles. The number of halogens is 3. The Bertz CT molecular complexity index is 1100. The van der Waals surface area contributed by atoms with Gasteiger partial charge in [-0.15, -0.1) is 0 Å². The Balaban J connectivity index is 1.93. The molecule has 3 heterocycles. The summed E-state index contributed by atoms with van der Waals surface area (Å²) in [6.07, 6.45) is 3.08. The number of ether oxygens (including phenoxy) is 1. The number of aliphatic imine (C=N–C) groups is 1. The smallest absolute Gasteiger partial charge is 0.242 e. The van der Waals surface area contributed by atoms with Gasteiger partial charge in [-0.25, -0.2) is 14.7 Å². The number of carbonyl (C=O) groups is 1. The number of hydrogen-bond donors (Lipinski definition) is 0. The first-order valence-electron chi connectivity index (χ1n) is 7.85. The number of pyridine rings is 1. The Hall–Kier alpha value is -2.22. The first kappa shape index (κ1) is 18.2. The molecule has 1 aliphatic heterocycles. The minimum absolute atomic E-state index is 0.233. The van der Waals surface area contributed by atoms with Crippen LogP contribution in [0.25, 0.3) is 5.82 Å². The fourth-order valence-corrected chi connectivity index (χ4v) is 3.78. The molecule has 1 atom stereocenters. The van der Waals surface area contributed by atoms with Crippen LogP contribution in [0.3, 0.4) is 0 Å². The molecule has 0 N–H and O–H groups in total. The number of aldehydes is 1. The average molecular weight is 466 g/mol. The molecule has 0 fully saturated rings. The van der Waals surface area contributed by atoms with Gasteiger partial charge in [0.2, 0.25) is 5.90 Å². The maximum absolute atomic E-state index is 11.7.